The number of hydrogen-bond donors (Lipinski definition) is 1. The summed E-state index contributed by atoms with van der Waals surface area (Å²) in [6.45, 7) is 1.93. The van der Waals surface area contributed by atoms with E-state index < -0.39 is 0 Å². The number of nitriles is 1. The van der Waals surface area contributed by atoms with Crippen LogP contribution in [0.3, 0.4) is 0 Å². The molecule has 0 fully saturated rings. The second-order valence-corrected chi connectivity index (χ2v) is 5.12. The fraction of sp³-hybridized carbons (Fsp3) is 0.200. The van der Waals surface area contributed by atoms with Gasteiger partial charge in [-0.15, -0.1) is 0 Å². The van der Waals surface area contributed by atoms with Gasteiger partial charge >= 0.3 is 0 Å². The molecule has 22 heavy (non-hydrogen) atoms. The molecule has 2 N–H and O–H groups in total. The minimum Gasteiger partial charge on any atom is -0.382 e. The van der Waals surface area contributed by atoms with Crippen LogP contribution >= 0.6 is 0 Å². The third-order valence-corrected chi connectivity index (χ3v) is 3.63. The van der Waals surface area contributed by atoms with Crippen LogP contribution in [-0.2, 0) is 7.05 Å². The van der Waals surface area contributed by atoms with E-state index in [-0.39, 0.29) is 0 Å². The van der Waals surface area contributed by atoms with Crippen molar-refractivity contribution >= 4 is 28.4 Å². The van der Waals surface area contributed by atoms with Crippen LogP contribution in [0.25, 0.3) is 11.0 Å². The highest BCUT2D eigenvalue weighted by Gasteiger charge is 2.14. The number of aryl methyl sites for hydroxylation is 2. The maximum atomic E-state index is 8.91. The fourth-order valence-corrected chi connectivity index (χ4v) is 2.39. The van der Waals surface area contributed by atoms with Gasteiger partial charge in [0, 0.05) is 20.2 Å². The van der Waals surface area contributed by atoms with E-state index in [4.69, 9.17) is 11.0 Å². The monoisotopic (exact) mass is 293 g/mol. The number of anilines is 3. The molecule has 0 saturated carbocycles. The second-order valence-electron chi connectivity index (χ2n) is 5.12. The van der Waals surface area contributed by atoms with E-state index >= 15 is 0 Å². The van der Waals surface area contributed by atoms with Crippen LogP contribution in [0.15, 0.2) is 24.7 Å². The SMILES string of the molecule is Cc1cc(C#N)ncc1N(C)c1cc2c(ncn2C)c(N)n1. The number of fused-ring (bicyclic) bond motifs is 1. The van der Waals surface area contributed by atoms with Gasteiger partial charge in [0.2, 0.25) is 0 Å². The molecule has 0 radical (unpaired) electrons. The van der Waals surface area contributed by atoms with E-state index in [1.165, 1.54) is 0 Å². The summed E-state index contributed by atoms with van der Waals surface area (Å²) in [7, 11) is 3.80. The van der Waals surface area contributed by atoms with Gasteiger partial charge in [-0.3, -0.25) is 0 Å². The molecule has 0 aromatic carbocycles. The van der Waals surface area contributed by atoms with Gasteiger partial charge in [0.25, 0.3) is 0 Å². The first-order chi connectivity index (χ1) is 10.5. The maximum absolute atomic E-state index is 8.91. The molecule has 0 amide bonds. The Morgan fingerprint density at radius 3 is 2.77 bits per heavy atom. The maximum Gasteiger partial charge on any atom is 0.154 e. The van der Waals surface area contributed by atoms with Crippen LogP contribution < -0.4 is 10.6 Å². The van der Waals surface area contributed by atoms with Crippen LogP contribution in [0.4, 0.5) is 17.3 Å². The molecule has 0 aliphatic carbocycles. The highest BCUT2D eigenvalue weighted by molar-refractivity contribution is 5.88. The normalized spacial score (nSPS) is 10.6. The third kappa shape index (κ3) is 2.11. The average molecular weight is 293 g/mol. The second kappa shape index (κ2) is 5.00. The lowest BCUT2D eigenvalue weighted by molar-refractivity contribution is 0.946. The van der Waals surface area contributed by atoms with E-state index in [1.807, 2.05) is 42.6 Å². The van der Waals surface area contributed by atoms with Crippen molar-refractivity contribution in [3.8, 4) is 6.07 Å². The molecule has 7 nitrogen and oxygen atoms in total. The van der Waals surface area contributed by atoms with Crippen LogP contribution in [-0.4, -0.2) is 26.6 Å². The number of aromatic nitrogens is 4. The summed E-state index contributed by atoms with van der Waals surface area (Å²) in [5.41, 5.74) is 9.80. The van der Waals surface area contributed by atoms with Gasteiger partial charge in [-0.05, 0) is 18.6 Å². The molecule has 0 unspecified atom stereocenters. The van der Waals surface area contributed by atoms with Crippen molar-refractivity contribution in [2.24, 2.45) is 7.05 Å². The summed E-state index contributed by atoms with van der Waals surface area (Å²) < 4.78 is 1.90. The fourth-order valence-electron chi connectivity index (χ4n) is 2.39. The Hall–Kier alpha value is -3.14. The molecule has 3 rings (SSSR count). The lowest BCUT2D eigenvalue weighted by Gasteiger charge is -2.20. The van der Waals surface area contributed by atoms with Crippen LogP contribution in [0, 0.1) is 18.3 Å². The lowest BCUT2D eigenvalue weighted by Crippen LogP contribution is -2.14. The molecule has 3 aromatic rings. The Kier molecular flexibility index (Phi) is 3.14. The van der Waals surface area contributed by atoms with E-state index in [9.17, 15) is 0 Å². The Bertz CT molecular complexity index is 904. The average Bonchev–Trinajstić information content (AvgIpc) is 2.88. The van der Waals surface area contributed by atoms with Crippen molar-refractivity contribution in [2.45, 2.75) is 6.92 Å². The number of nitrogen functional groups attached to an aromatic ring is 1. The summed E-state index contributed by atoms with van der Waals surface area (Å²) in [6, 6.07) is 5.71. The van der Waals surface area contributed by atoms with Gasteiger partial charge in [0.15, 0.2) is 5.82 Å². The molecule has 0 aliphatic rings. The largest absolute Gasteiger partial charge is 0.382 e. The molecule has 3 heterocycles. The molecule has 7 heteroatoms. The highest BCUT2D eigenvalue weighted by Crippen LogP contribution is 2.29. The van der Waals surface area contributed by atoms with Crippen molar-refractivity contribution in [2.75, 3.05) is 17.7 Å². The number of imidazole rings is 1. The van der Waals surface area contributed by atoms with Crippen molar-refractivity contribution in [3.05, 3.63) is 35.9 Å². The predicted octanol–water partition coefficient (Wildman–Crippen LogP) is 1.89. The quantitative estimate of drug-likeness (QED) is 0.775. The summed E-state index contributed by atoms with van der Waals surface area (Å²) in [6.07, 6.45) is 3.38. The van der Waals surface area contributed by atoms with E-state index in [2.05, 4.69) is 15.0 Å². The Morgan fingerprint density at radius 2 is 2.09 bits per heavy atom. The first kappa shape index (κ1) is 13.8. The van der Waals surface area contributed by atoms with Gasteiger partial charge in [-0.1, -0.05) is 0 Å². The zero-order valence-electron chi connectivity index (χ0n) is 12.6. The summed E-state index contributed by atoms with van der Waals surface area (Å²) in [5.74, 6) is 1.09. The molecule has 0 atom stereocenters. The molecule has 0 saturated heterocycles. The van der Waals surface area contributed by atoms with Crippen molar-refractivity contribution < 1.29 is 0 Å². The number of rotatable bonds is 2. The standard InChI is InChI=1S/C15H15N7/c1-9-4-10(6-16)18-7-12(9)22(3)13-5-11-14(15(17)20-13)19-8-21(11)2/h4-5,7-8H,1-3H3,(H2,17,20). The zero-order chi connectivity index (χ0) is 15.9. The summed E-state index contributed by atoms with van der Waals surface area (Å²) in [5, 5.41) is 8.91. The predicted molar refractivity (Wildman–Crippen MR) is 84.7 cm³/mol. The van der Waals surface area contributed by atoms with Gasteiger partial charge in [0.1, 0.15) is 23.1 Å². The Balaban J connectivity index is 2.11. The van der Waals surface area contributed by atoms with E-state index in [1.54, 1.807) is 18.6 Å². The minimum absolute atomic E-state index is 0.388. The van der Waals surface area contributed by atoms with Crippen molar-refractivity contribution in [3.63, 3.8) is 0 Å². The number of pyridine rings is 2. The van der Waals surface area contributed by atoms with Gasteiger partial charge in [0.05, 0.1) is 23.7 Å². The smallest absolute Gasteiger partial charge is 0.154 e. The van der Waals surface area contributed by atoms with Crippen LogP contribution in [0.1, 0.15) is 11.3 Å². The van der Waals surface area contributed by atoms with Crippen molar-refractivity contribution in [1.29, 1.82) is 5.26 Å². The number of nitrogens with two attached hydrogens (primary N) is 1. The molecular formula is C15H15N7. The summed E-state index contributed by atoms with van der Waals surface area (Å²) in [4.78, 5) is 14.7. The third-order valence-electron chi connectivity index (χ3n) is 3.63. The topological polar surface area (TPSA) is 96.7 Å². The minimum atomic E-state index is 0.388. The van der Waals surface area contributed by atoms with Gasteiger partial charge in [-0.2, -0.15) is 5.26 Å². The number of nitrogens with zero attached hydrogens (tertiary/aromatic N) is 6. The molecule has 0 spiro atoms. The Labute approximate surface area is 127 Å². The van der Waals surface area contributed by atoms with Crippen molar-refractivity contribution in [1.82, 2.24) is 19.5 Å². The first-order valence-corrected chi connectivity index (χ1v) is 6.69. The van der Waals surface area contributed by atoms with E-state index in [0.717, 1.165) is 16.8 Å². The molecule has 3 aromatic heterocycles. The molecule has 110 valence electrons. The van der Waals surface area contributed by atoms with Gasteiger partial charge < -0.3 is 15.2 Å². The van der Waals surface area contributed by atoms with Crippen LogP contribution in [0.2, 0.25) is 0 Å². The Morgan fingerprint density at radius 1 is 1.32 bits per heavy atom. The highest BCUT2D eigenvalue weighted by atomic mass is 15.2. The van der Waals surface area contributed by atoms with E-state index in [0.29, 0.717) is 22.8 Å². The summed E-state index contributed by atoms with van der Waals surface area (Å²) >= 11 is 0. The lowest BCUT2D eigenvalue weighted by atomic mass is 10.2. The first-order valence-electron chi connectivity index (χ1n) is 6.69. The van der Waals surface area contributed by atoms with Gasteiger partial charge in [-0.25, -0.2) is 15.0 Å². The number of hydrogen-bond acceptors (Lipinski definition) is 6. The molecular weight excluding hydrogens is 278 g/mol. The molecule has 0 aliphatic heterocycles. The molecule has 0 bridgehead atoms. The van der Waals surface area contributed by atoms with Crippen LogP contribution in [0.5, 0.6) is 0 Å². The zero-order valence-corrected chi connectivity index (χ0v) is 12.6.